The van der Waals surface area contributed by atoms with Crippen molar-refractivity contribution in [1.29, 1.82) is 0 Å². The molecule has 0 aromatic heterocycles. The van der Waals surface area contributed by atoms with Crippen LogP contribution in [0.2, 0.25) is 0 Å². The number of nitrogens with one attached hydrogen (secondary N) is 2. The van der Waals surface area contributed by atoms with E-state index in [1.54, 1.807) is 7.05 Å². The summed E-state index contributed by atoms with van der Waals surface area (Å²) in [6, 6.07) is 0. The van der Waals surface area contributed by atoms with Crippen LogP contribution in [0.5, 0.6) is 0 Å². The lowest BCUT2D eigenvalue weighted by Crippen LogP contribution is -2.44. The molecule has 1 saturated carbocycles. The predicted molar refractivity (Wildman–Crippen MR) is 95.3 cm³/mol. The zero-order chi connectivity index (χ0) is 20.3. The van der Waals surface area contributed by atoms with Gasteiger partial charge in [0, 0.05) is 33.3 Å². The van der Waals surface area contributed by atoms with Crippen molar-refractivity contribution in [3.05, 3.63) is 12.2 Å². The number of carbonyl (C=O) groups is 2. The highest BCUT2D eigenvalue weighted by Gasteiger charge is 2.58. The average molecular weight is 402 g/mol. The second-order valence-electron chi connectivity index (χ2n) is 7.28. The fraction of sp³-hybridized carbons (Fsp3) is 0.722. The molecule has 1 heterocycles. The second kappa shape index (κ2) is 8.50. The van der Waals surface area contributed by atoms with Crippen molar-refractivity contribution in [2.45, 2.75) is 19.0 Å². The van der Waals surface area contributed by atoms with Crippen LogP contribution in [0.1, 0.15) is 12.8 Å². The Hall–Kier alpha value is -2.10. The van der Waals surface area contributed by atoms with Gasteiger partial charge in [-0.05, 0) is 24.7 Å². The van der Waals surface area contributed by atoms with Crippen molar-refractivity contribution in [3.63, 3.8) is 0 Å². The first kappa shape index (κ1) is 20.6. The minimum Gasteiger partial charge on any atom is -0.372 e. The van der Waals surface area contributed by atoms with Crippen LogP contribution in [0.15, 0.2) is 17.1 Å². The number of fused-ring (bicyclic) bond motifs is 5. The van der Waals surface area contributed by atoms with Gasteiger partial charge in [0.2, 0.25) is 11.8 Å². The van der Waals surface area contributed by atoms with Crippen LogP contribution in [0.3, 0.4) is 0 Å². The third kappa shape index (κ3) is 4.48. The molecule has 2 N–H and O–H groups in total. The van der Waals surface area contributed by atoms with Crippen molar-refractivity contribution >= 4 is 17.8 Å². The van der Waals surface area contributed by atoms with E-state index in [0.717, 1.165) is 6.42 Å². The highest BCUT2D eigenvalue weighted by atomic mass is 19.4. The van der Waals surface area contributed by atoms with Gasteiger partial charge >= 0.3 is 6.18 Å². The number of nitrogens with zero attached hydrogens (tertiary/aromatic N) is 2. The van der Waals surface area contributed by atoms with Gasteiger partial charge in [0.1, 0.15) is 6.61 Å². The molecule has 4 atom stereocenters. The summed E-state index contributed by atoms with van der Waals surface area (Å²) >= 11 is 0. The third-order valence-corrected chi connectivity index (χ3v) is 5.44. The molecule has 3 rings (SSSR count). The summed E-state index contributed by atoms with van der Waals surface area (Å²) in [6.45, 7) is -0.266. The van der Waals surface area contributed by atoms with E-state index in [1.807, 2.05) is 0 Å². The highest BCUT2D eigenvalue weighted by Crippen LogP contribution is 2.52. The first-order valence-electron chi connectivity index (χ1n) is 9.44. The highest BCUT2D eigenvalue weighted by molar-refractivity contribution is 6.06. The Bertz CT molecular complexity index is 635. The minimum atomic E-state index is -4.32. The molecule has 0 aromatic rings. The Morgan fingerprint density at radius 3 is 2.36 bits per heavy atom. The van der Waals surface area contributed by atoms with E-state index in [2.05, 4.69) is 32.5 Å². The first-order valence-corrected chi connectivity index (χ1v) is 9.44. The van der Waals surface area contributed by atoms with E-state index in [0.29, 0.717) is 25.5 Å². The number of rotatable bonds is 8. The first-order chi connectivity index (χ1) is 13.3. The van der Waals surface area contributed by atoms with E-state index in [9.17, 15) is 22.8 Å². The number of hydrogen-bond acceptors (Lipinski definition) is 4. The van der Waals surface area contributed by atoms with Gasteiger partial charge in [0.15, 0.2) is 5.96 Å². The van der Waals surface area contributed by atoms with Gasteiger partial charge < -0.3 is 15.4 Å². The lowest BCUT2D eigenvalue weighted by atomic mass is 9.85. The van der Waals surface area contributed by atoms with Gasteiger partial charge in [-0.1, -0.05) is 12.2 Å². The van der Waals surface area contributed by atoms with Crippen molar-refractivity contribution in [2.24, 2.45) is 28.7 Å². The van der Waals surface area contributed by atoms with Crippen LogP contribution in [0.4, 0.5) is 13.2 Å². The molecule has 0 aromatic carbocycles. The summed E-state index contributed by atoms with van der Waals surface area (Å²) in [5, 5.41) is 5.97. The number of likely N-dealkylation sites (tertiary alicyclic amines) is 1. The number of hydrogen-bond donors (Lipinski definition) is 2. The summed E-state index contributed by atoms with van der Waals surface area (Å²) in [5.41, 5.74) is 0. The molecular weight excluding hydrogens is 377 g/mol. The number of guanidine groups is 1. The molecule has 156 valence electrons. The number of allylic oxidation sites excluding steroid dienone is 2. The monoisotopic (exact) mass is 402 g/mol. The van der Waals surface area contributed by atoms with Gasteiger partial charge in [0.05, 0.1) is 11.8 Å². The van der Waals surface area contributed by atoms with Crippen LogP contribution in [0.25, 0.3) is 0 Å². The van der Waals surface area contributed by atoms with E-state index in [4.69, 9.17) is 0 Å². The number of aliphatic imine (C=N–C) groups is 1. The molecule has 2 bridgehead atoms. The number of ether oxygens (including phenoxy) is 1. The maximum Gasteiger partial charge on any atom is 0.411 e. The fourth-order valence-corrected chi connectivity index (χ4v) is 4.26. The van der Waals surface area contributed by atoms with Crippen molar-refractivity contribution < 1.29 is 27.5 Å². The molecule has 2 amide bonds. The maximum absolute atomic E-state index is 12.6. The van der Waals surface area contributed by atoms with Crippen molar-refractivity contribution in [1.82, 2.24) is 15.5 Å². The molecule has 2 aliphatic carbocycles. The Morgan fingerprint density at radius 2 is 1.79 bits per heavy atom. The largest absolute Gasteiger partial charge is 0.411 e. The van der Waals surface area contributed by atoms with Gasteiger partial charge in [-0.3, -0.25) is 19.5 Å². The Kier molecular flexibility index (Phi) is 6.26. The fourth-order valence-electron chi connectivity index (χ4n) is 4.26. The zero-order valence-electron chi connectivity index (χ0n) is 15.7. The Morgan fingerprint density at radius 1 is 1.18 bits per heavy atom. The normalized spacial score (nSPS) is 29.0. The van der Waals surface area contributed by atoms with E-state index < -0.39 is 12.8 Å². The van der Waals surface area contributed by atoms with Crippen LogP contribution in [-0.4, -0.2) is 68.7 Å². The molecule has 1 saturated heterocycles. The third-order valence-electron chi connectivity index (χ3n) is 5.44. The summed E-state index contributed by atoms with van der Waals surface area (Å²) in [6.07, 6.45) is 1.09. The number of halogens is 3. The molecule has 0 spiro atoms. The number of imide groups is 1. The van der Waals surface area contributed by atoms with E-state index >= 15 is 0 Å². The molecule has 1 aliphatic heterocycles. The van der Waals surface area contributed by atoms with E-state index in [1.165, 1.54) is 4.90 Å². The van der Waals surface area contributed by atoms with Gasteiger partial charge in [-0.25, -0.2) is 0 Å². The summed E-state index contributed by atoms with van der Waals surface area (Å²) < 4.78 is 40.4. The molecule has 10 heteroatoms. The quantitative estimate of drug-likeness (QED) is 0.208. The lowest BCUT2D eigenvalue weighted by molar-refractivity contribution is -0.173. The zero-order valence-corrected chi connectivity index (χ0v) is 15.7. The molecule has 2 fully saturated rings. The number of amides is 2. The summed E-state index contributed by atoms with van der Waals surface area (Å²) in [4.78, 5) is 30.5. The molecule has 28 heavy (non-hydrogen) atoms. The summed E-state index contributed by atoms with van der Waals surface area (Å²) in [5.74, 6) is 0.277. The van der Waals surface area contributed by atoms with Crippen LogP contribution < -0.4 is 10.6 Å². The molecule has 3 aliphatic rings. The van der Waals surface area contributed by atoms with Crippen LogP contribution in [0, 0.1) is 23.7 Å². The Balaban J connectivity index is 1.34. The number of alkyl halides is 3. The van der Waals surface area contributed by atoms with E-state index in [-0.39, 0.29) is 48.6 Å². The topological polar surface area (TPSA) is 83.0 Å². The molecule has 4 unspecified atom stereocenters. The van der Waals surface area contributed by atoms with Crippen molar-refractivity contribution in [3.8, 4) is 0 Å². The average Bonchev–Trinajstić information content (AvgIpc) is 3.31. The smallest absolute Gasteiger partial charge is 0.372 e. The Labute approximate surface area is 161 Å². The molecular formula is C18H25F3N4O3. The standard InChI is InChI=1S/C18H25F3N4O3/c1-22-17(23-5-2-8-28-10-18(19,20)21)24-6-7-25-15(26)13-11-3-4-12(9-11)14(13)16(25)27/h3-4,11-14H,2,5-10H2,1H3,(H2,22,23,24). The summed E-state index contributed by atoms with van der Waals surface area (Å²) in [7, 11) is 1.56. The minimum absolute atomic E-state index is 0.0145. The van der Waals surface area contributed by atoms with Crippen LogP contribution in [-0.2, 0) is 14.3 Å². The maximum atomic E-state index is 12.6. The molecule has 7 nitrogen and oxygen atoms in total. The van der Waals surface area contributed by atoms with Gasteiger partial charge in [-0.15, -0.1) is 0 Å². The van der Waals surface area contributed by atoms with Gasteiger partial charge in [-0.2, -0.15) is 13.2 Å². The predicted octanol–water partition coefficient (Wildman–Crippen LogP) is 0.927. The van der Waals surface area contributed by atoms with Crippen LogP contribution >= 0.6 is 0 Å². The van der Waals surface area contributed by atoms with Crippen molar-refractivity contribution in [2.75, 3.05) is 39.9 Å². The second-order valence-corrected chi connectivity index (χ2v) is 7.28. The molecule has 0 radical (unpaired) electrons. The lowest BCUT2D eigenvalue weighted by Gasteiger charge is -2.18. The SMILES string of the molecule is CN=C(NCCCOCC(F)(F)F)NCCN1C(=O)C2C3C=CC(C3)C2C1=O. The number of carbonyl (C=O) groups excluding carboxylic acids is 2. The van der Waals surface area contributed by atoms with Gasteiger partial charge in [0.25, 0.3) is 0 Å².